The number of rotatable bonds is 5. The highest BCUT2D eigenvalue weighted by molar-refractivity contribution is 5.81. The van der Waals surface area contributed by atoms with Gasteiger partial charge >= 0.3 is 5.97 Å². The molecule has 1 heterocycles. The molecule has 5 heteroatoms. The average Bonchev–Trinajstić information content (AvgIpc) is 2.85. The van der Waals surface area contributed by atoms with E-state index in [1.165, 1.54) is 0 Å². The highest BCUT2D eigenvalue weighted by Crippen LogP contribution is 2.36. The molecule has 0 amide bonds. The van der Waals surface area contributed by atoms with Gasteiger partial charge in [0.2, 0.25) is 0 Å². The van der Waals surface area contributed by atoms with Crippen molar-refractivity contribution >= 4 is 5.97 Å². The van der Waals surface area contributed by atoms with Crippen molar-refractivity contribution in [3.63, 3.8) is 0 Å². The van der Waals surface area contributed by atoms with E-state index in [1.54, 1.807) is 0 Å². The molecule has 1 aliphatic carbocycles. The van der Waals surface area contributed by atoms with Gasteiger partial charge in [0.1, 0.15) is 5.54 Å². The largest absolute Gasteiger partial charge is 0.465 e. The minimum Gasteiger partial charge on any atom is -0.465 e. The third-order valence-electron chi connectivity index (χ3n) is 4.07. The molecule has 2 atom stereocenters. The van der Waals surface area contributed by atoms with Crippen LogP contribution in [0.2, 0.25) is 0 Å². The first-order valence-corrected chi connectivity index (χ1v) is 7.93. The molecule has 0 aliphatic heterocycles. The van der Waals surface area contributed by atoms with Crippen LogP contribution in [0.1, 0.15) is 58.2 Å². The predicted octanol–water partition coefficient (Wildman–Crippen LogP) is 2.61. The number of nitrogens with zero attached hydrogens (tertiary/aromatic N) is 2. The topological polar surface area (TPSA) is 56.1 Å². The molecule has 1 aliphatic rings. The molecule has 0 saturated heterocycles. The zero-order valence-electron chi connectivity index (χ0n) is 13.6. The second kappa shape index (κ2) is 6.60. The lowest BCUT2D eigenvalue weighted by Gasteiger charge is -2.40. The summed E-state index contributed by atoms with van der Waals surface area (Å²) in [4.78, 5) is 12.5. The summed E-state index contributed by atoms with van der Waals surface area (Å²) in [5, 5.41) is 7.99. The molecule has 2 unspecified atom stereocenters. The molecule has 1 N–H and O–H groups in total. The van der Waals surface area contributed by atoms with Gasteiger partial charge in [-0.3, -0.25) is 14.8 Å². The van der Waals surface area contributed by atoms with Crippen LogP contribution in [0.25, 0.3) is 0 Å². The lowest BCUT2D eigenvalue weighted by Crippen LogP contribution is -2.58. The van der Waals surface area contributed by atoms with Crippen LogP contribution in [0.15, 0.2) is 12.3 Å². The van der Waals surface area contributed by atoms with E-state index in [9.17, 15) is 4.79 Å². The number of carbonyl (C=O) groups is 1. The van der Waals surface area contributed by atoms with Gasteiger partial charge in [-0.1, -0.05) is 0 Å². The summed E-state index contributed by atoms with van der Waals surface area (Å²) in [6, 6.07) is 2.51. The number of aromatic nitrogens is 2. The van der Waals surface area contributed by atoms with Gasteiger partial charge in [0.25, 0.3) is 0 Å². The van der Waals surface area contributed by atoms with Crippen molar-refractivity contribution in [2.75, 3.05) is 6.61 Å². The number of carbonyl (C=O) groups excluding carboxylic acids is 1. The van der Waals surface area contributed by atoms with Crippen LogP contribution in [-0.4, -0.2) is 33.9 Å². The van der Waals surface area contributed by atoms with Gasteiger partial charge in [-0.25, -0.2) is 0 Å². The van der Waals surface area contributed by atoms with E-state index in [1.807, 2.05) is 30.8 Å². The molecular weight excluding hydrogens is 266 g/mol. The van der Waals surface area contributed by atoms with Gasteiger partial charge in [-0.2, -0.15) is 5.10 Å². The molecule has 1 aromatic heterocycles. The van der Waals surface area contributed by atoms with E-state index < -0.39 is 5.54 Å². The van der Waals surface area contributed by atoms with Gasteiger partial charge in [0.15, 0.2) is 0 Å². The Hall–Kier alpha value is -1.36. The molecule has 21 heavy (non-hydrogen) atoms. The quantitative estimate of drug-likeness (QED) is 0.848. The zero-order valence-corrected chi connectivity index (χ0v) is 13.6. The summed E-state index contributed by atoms with van der Waals surface area (Å²) in [5.41, 5.74) is 0.437. The molecule has 1 aromatic rings. The minimum atomic E-state index is -0.576. The summed E-state index contributed by atoms with van der Waals surface area (Å²) in [6.45, 7) is 8.42. The summed E-state index contributed by atoms with van der Waals surface area (Å²) in [5.74, 6) is -0.118. The first-order chi connectivity index (χ1) is 9.97. The number of ether oxygens (including phenoxy) is 1. The lowest BCUT2D eigenvalue weighted by molar-refractivity contribution is -0.154. The Morgan fingerprint density at radius 3 is 2.95 bits per heavy atom. The van der Waals surface area contributed by atoms with E-state index in [2.05, 4.69) is 24.3 Å². The van der Waals surface area contributed by atoms with Crippen molar-refractivity contribution in [2.45, 2.75) is 71.0 Å². The molecule has 0 aromatic carbocycles. The van der Waals surface area contributed by atoms with E-state index in [0.29, 0.717) is 6.61 Å². The van der Waals surface area contributed by atoms with Crippen LogP contribution in [0, 0.1) is 6.92 Å². The van der Waals surface area contributed by atoms with Crippen LogP contribution >= 0.6 is 0 Å². The smallest absolute Gasteiger partial charge is 0.326 e. The highest BCUT2D eigenvalue weighted by atomic mass is 16.5. The third-order valence-corrected chi connectivity index (χ3v) is 4.07. The van der Waals surface area contributed by atoms with Gasteiger partial charge in [-0.15, -0.1) is 0 Å². The maximum absolute atomic E-state index is 12.5. The number of hydrogen-bond donors (Lipinski definition) is 1. The molecule has 0 spiro atoms. The highest BCUT2D eigenvalue weighted by Gasteiger charge is 2.44. The average molecular weight is 293 g/mol. The summed E-state index contributed by atoms with van der Waals surface area (Å²) in [6.07, 6.45) is 5.65. The zero-order chi connectivity index (χ0) is 15.5. The number of nitrogens with one attached hydrogen (secondary N) is 1. The normalized spacial score (nSPS) is 26.0. The van der Waals surface area contributed by atoms with Crippen LogP contribution in [0.3, 0.4) is 0 Å². The monoisotopic (exact) mass is 293 g/mol. The van der Waals surface area contributed by atoms with Crippen molar-refractivity contribution in [1.29, 1.82) is 0 Å². The fourth-order valence-electron chi connectivity index (χ4n) is 3.31. The second-order valence-corrected chi connectivity index (χ2v) is 6.29. The molecule has 1 fully saturated rings. The van der Waals surface area contributed by atoms with E-state index in [-0.39, 0.29) is 18.1 Å². The predicted molar refractivity (Wildman–Crippen MR) is 82.1 cm³/mol. The Labute approximate surface area is 127 Å². The van der Waals surface area contributed by atoms with Gasteiger partial charge in [-0.05, 0) is 59.4 Å². The Kier molecular flexibility index (Phi) is 5.04. The van der Waals surface area contributed by atoms with E-state index >= 15 is 0 Å². The van der Waals surface area contributed by atoms with Crippen molar-refractivity contribution < 1.29 is 9.53 Å². The summed E-state index contributed by atoms with van der Waals surface area (Å²) < 4.78 is 7.35. The van der Waals surface area contributed by atoms with Gasteiger partial charge < -0.3 is 4.74 Å². The van der Waals surface area contributed by atoms with E-state index in [0.717, 1.165) is 31.4 Å². The standard InChI is InChI=1S/C16H27N3O2/c1-5-21-15(20)16(17-12(2)3)9-6-7-14(11-16)19-10-8-13(4)18-19/h8,10,12,14,17H,5-7,9,11H2,1-4H3. The van der Waals surface area contributed by atoms with Crippen LogP contribution < -0.4 is 5.32 Å². The second-order valence-electron chi connectivity index (χ2n) is 6.29. The summed E-state index contributed by atoms with van der Waals surface area (Å²) in [7, 11) is 0. The maximum atomic E-state index is 12.5. The lowest BCUT2D eigenvalue weighted by atomic mass is 9.78. The molecule has 118 valence electrons. The molecule has 5 nitrogen and oxygen atoms in total. The van der Waals surface area contributed by atoms with Gasteiger partial charge in [0.05, 0.1) is 18.3 Å². The Bertz CT molecular complexity index is 484. The number of esters is 1. The molecule has 0 radical (unpaired) electrons. The molecule has 2 rings (SSSR count). The first kappa shape index (κ1) is 16.0. The Morgan fingerprint density at radius 1 is 1.62 bits per heavy atom. The first-order valence-electron chi connectivity index (χ1n) is 7.93. The van der Waals surface area contributed by atoms with Crippen molar-refractivity contribution in [2.24, 2.45) is 0 Å². The third kappa shape index (κ3) is 3.64. The molecular formula is C16H27N3O2. The van der Waals surface area contributed by atoms with Crippen molar-refractivity contribution in [3.05, 3.63) is 18.0 Å². The number of hydrogen-bond acceptors (Lipinski definition) is 4. The van der Waals surface area contributed by atoms with Crippen LogP contribution in [-0.2, 0) is 9.53 Å². The fraction of sp³-hybridized carbons (Fsp3) is 0.750. The summed E-state index contributed by atoms with van der Waals surface area (Å²) >= 11 is 0. The maximum Gasteiger partial charge on any atom is 0.326 e. The minimum absolute atomic E-state index is 0.118. The molecule has 1 saturated carbocycles. The molecule has 0 bridgehead atoms. The van der Waals surface area contributed by atoms with Crippen LogP contribution in [0.5, 0.6) is 0 Å². The fourth-order valence-corrected chi connectivity index (χ4v) is 3.31. The van der Waals surface area contributed by atoms with Crippen molar-refractivity contribution in [3.8, 4) is 0 Å². The Morgan fingerprint density at radius 2 is 2.38 bits per heavy atom. The van der Waals surface area contributed by atoms with Crippen molar-refractivity contribution in [1.82, 2.24) is 15.1 Å². The van der Waals surface area contributed by atoms with E-state index in [4.69, 9.17) is 4.74 Å². The Balaban J connectivity index is 2.21. The number of aryl methyl sites for hydroxylation is 1. The van der Waals surface area contributed by atoms with Gasteiger partial charge in [0, 0.05) is 12.2 Å². The van der Waals surface area contributed by atoms with Crippen LogP contribution in [0.4, 0.5) is 0 Å². The SMILES string of the molecule is CCOC(=O)C1(NC(C)C)CCCC(n2ccc(C)n2)C1.